The second-order valence-electron chi connectivity index (χ2n) is 5.57. The predicted molar refractivity (Wildman–Crippen MR) is 88.8 cm³/mol. The molecule has 2 amide bonds. The average molecular weight is 340 g/mol. The van der Waals surface area contributed by atoms with Gasteiger partial charge in [-0.3, -0.25) is 9.59 Å². The highest BCUT2D eigenvalue weighted by Crippen LogP contribution is 2.27. The lowest BCUT2D eigenvalue weighted by atomic mass is 10.1. The Balaban J connectivity index is 2.10. The summed E-state index contributed by atoms with van der Waals surface area (Å²) in [7, 11) is 1.74. The van der Waals surface area contributed by atoms with Crippen molar-refractivity contribution in [1.29, 1.82) is 0 Å². The van der Waals surface area contributed by atoms with Gasteiger partial charge in [-0.05, 0) is 38.1 Å². The van der Waals surface area contributed by atoms with Gasteiger partial charge in [0, 0.05) is 25.7 Å². The zero-order valence-electron chi connectivity index (χ0n) is 13.4. The van der Waals surface area contributed by atoms with Gasteiger partial charge in [0.2, 0.25) is 5.91 Å². The maximum atomic E-state index is 12.6. The number of amides is 2. The van der Waals surface area contributed by atoms with E-state index in [0.29, 0.717) is 42.6 Å². The van der Waals surface area contributed by atoms with Gasteiger partial charge in [0.05, 0.1) is 11.6 Å². The number of piperazine rings is 1. The van der Waals surface area contributed by atoms with Crippen LogP contribution in [-0.2, 0) is 4.79 Å². The standard InChI is InChI=1S/C16H22ClN3O3/c1-11-15(21)19(2)7-8-20(11)16(22)12-4-5-14(13(17)10-12)23-9-3-6-18/h4-5,10-11H,3,6-9,18H2,1-2H3/t11-/m1/s1. The molecule has 1 aromatic rings. The molecule has 0 bridgehead atoms. The minimum Gasteiger partial charge on any atom is -0.492 e. The summed E-state index contributed by atoms with van der Waals surface area (Å²) in [5.74, 6) is 0.269. The Hall–Kier alpha value is -1.79. The largest absolute Gasteiger partial charge is 0.492 e. The van der Waals surface area contributed by atoms with Crippen molar-refractivity contribution in [3.05, 3.63) is 28.8 Å². The maximum absolute atomic E-state index is 12.6. The van der Waals surface area contributed by atoms with Crippen LogP contribution in [0.3, 0.4) is 0 Å². The van der Waals surface area contributed by atoms with Crippen LogP contribution >= 0.6 is 11.6 Å². The molecule has 6 nitrogen and oxygen atoms in total. The van der Waals surface area contributed by atoms with E-state index in [9.17, 15) is 9.59 Å². The second kappa shape index (κ2) is 7.66. The molecule has 1 atom stereocenters. The highest BCUT2D eigenvalue weighted by Gasteiger charge is 2.33. The Morgan fingerprint density at radius 1 is 1.43 bits per heavy atom. The van der Waals surface area contributed by atoms with Crippen molar-refractivity contribution in [2.24, 2.45) is 5.73 Å². The molecule has 0 unspecified atom stereocenters. The number of hydrogen-bond acceptors (Lipinski definition) is 4. The number of likely N-dealkylation sites (N-methyl/N-ethyl adjacent to an activating group) is 1. The number of carbonyl (C=O) groups excluding carboxylic acids is 2. The molecule has 0 aliphatic carbocycles. The quantitative estimate of drug-likeness (QED) is 0.822. The van der Waals surface area contributed by atoms with Crippen LogP contribution in [0.2, 0.25) is 5.02 Å². The third kappa shape index (κ3) is 3.95. The molecule has 1 aliphatic rings. The molecule has 1 fully saturated rings. The maximum Gasteiger partial charge on any atom is 0.254 e. The van der Waals surface area contributed by atoms with Gasteiger partial charge in [0.1, 0.15) is 11.8 Å². The average Bonchev–Trinajstić information content (AvgIpc) is 2.54. The van der Waals surface area contributed by atoms with Gasteiger partial charge in [0.25, 0.3) is 5.91 Å². The smallest absolute Gasteiger partial charge is 0.254 e. The topological polar surface area (TPSA) is 75.9 Å². The van der Waals surface area contributed by atoms with Gasteiger partial charge in [0.15, 0.2) is 0 Å². The molecular formula is C16H22ClN3O3. The predicted octanol–water partition coefficient (Wildman–Crippen LogP) is 1.37. The first-order chi connectivity index (χ1) is 11.0. The monoisotopic (exact) mass is 339 g/mol. The van der Waals surface area contributed by atoms with Gasteiger partial charge in [-0.2, -0.15) is 0 Å². The third-order valence-electron chi connectivity index (χ3n) is 3.92. The van der Waals surface area contributed by atoms with Crippen molar-refractivity contribution in [1.82, 2.24) is 9.80 Å². The van der Waals surface area contributed by atoms with Crippen molar-refractivity contribution in [3.63, 3.8) is 0 Å². The summed E-state index contributed by atoms with van der Waals surface area (Å²) in [6.45, 7) is 3.80. The molecule has 7 heteroatoms. The molecule has 0 radical (unpaired) electrons. The summed E-state index contributed by atoms with van der Waals surface area (Å²) in [5, 5.41) is 0.376. The van der Waals surface area contributed by atoms with Crippen molar-refractivity contribution in [2.75, 3.05) is 33.3 Å². The van der Waals surface area contributed by atoms with Gasteiger partial charge in [-0.1, -0.05) is 11.6 Å². The number of nitrogens with zero attached hydrogens (tertiary/aromatic N) is 2. The SMILES string of the molecule is C[C@@H]1C(=O)N(C)CCN1C(=O)c1ccc(OCCCN)c(Cl)c1. The van der Waals surface area contributed by atoms with Gasteiger partial charge < -0.3 is 20.3 Å². The number of carbonyl (C=O) groups is 2. The molecule has 126 valence electrons. The lowest BCUT2D eigenvalue weighted by Gasteiger charge is -2.37. The summed E-state index contributed by atoms with van der Waals surface area (Å²) in [6, 6.07) is 4.45. The van der Waals surface area contributed by atoms with Crippen molar-refractivity contribution >= 4 is 23.4 Å². The number of benzene rings is 1. The minimum atomic E-state index is -0.472. The molecular weight excluding hydrogens is 318 g/mol. The molecule has 0 aromatic heterocycles. The van der Waals surface area contributed by atoms with Crippen LogP contribution in [0.5, 0.6) is 5.75 Å². The van der Waals surface area contributed by atoms with Crippen LogP contribution < -0.4 is 10.5 Å². The first-order valence-corrected chi connectivity index (χ1v) is 8.02. The Bertz CT molecular complexity index is 594. The molecule has 23 heavy (non-hydrogen) atoms. The summed E-state index contributed by atoms with van der Waals surface area (Å²) >= 11 is 6.18. The van der Waals surface area contributed by atoms with E-state index in [2.05, 4.69) is 0 Å². The normalized spacial score (nSPS) is 18.3. The Morgan fingerprint density at radius 2 is 2.17 bits per heavy atom. The number of halogens is 1. The first-order valence-electron chi connectivity index (χ1n) is 7.64. The van der Waals surface area contributed by atoms with Crippen LogP contribution in [0, 0.1) is 0 Å². The molecule has 0 saturated carbocycles. The van der Waals surface area contributed by atoms with Crippen LogP contribution in [-0.4, -0.2) is 60.9 Å². The highest BCUT2D eigenvalue weighted by atomic mass is 35.5. The lowest BCUT2D eigenvalue weighted by molar-refractivity contribution is -0.137. The Morgan fingerprint density at radius 3 is 2.83 bits per heavy atom. The van der Waals surface area contributed by atoms with E-state index in [4.69, 9.17) is 22.1 Å². The van der Waals surface area contributed by atoms with E-state index in [0.717, 1.165) is 6.42 Å². The number of hydrogen-bond donors (Lipinski definition) is 1. The van der Waals surface area contributed by atoms with Crippen molar-refractivity contribution in [3.8, 4) is 5.75 Å². The molecule has 2 N–H and O–H groups in total. The Labute approximate surface area is 141 Å². The van der Waals surface area contributed by atoms with Gasteiger partial charge in [-0.15, -0.1) is 0 Å². The fraction of sp³-hybridized carbons (Fsp3) is 0.500. The van der Waals surface area contributed by atoms with E-state index >= 15 is 0 Å². The number of rotatable bonds is 5. The summed E-state index contributed by atoms with van der Waals surface area (Å²) in [6.07, 6.45) is 0.734. The van der Waals surface area contributed by atoms with Crippen LogP contribution in [0.25, 0.3) is 0 Å². The first kappa shape index (κ1) is 17.6. The fourth-order valence-corrected chi connectivity index (χ4v) is 2.71. The van der Waals surface area contributed by atoms with Crippen molar-refractivity contribution in [2.45, 2.75) is 19.4 Å². The van der Waals surface area contributed by atoms with Crippen LogP contribution in [0.1, 0.15) is 23.7 Å². The molecule has 2 rings (SSSR count). The third-order valence-corrected chi connectivity index (χ3v) is 4.22. The summed E-state index contributed by atoms with van der Waals surface area (Å²) < 4.78 is 5.51. The second-order valence-corrected chi connectivity index (χ2v) is 5.98. The number of ether oxygens (including phenoxy) is 1. The van der Waals surface area contributed by atoms with E-state index < -0.39 is 6.04 Å². The highest BCUT2D eigenvalue weighted by molar-refractivity contribution is 6.32. The molecule has 1 saturated heterocycles. The fourth-order valence-electron chi connectivity index (χ4n) is 2.47. The van der Waals surface area contributed by atoms with E-state index in [1.54, 1.807) is 42.0 Å². The Kier molecular flexibility index (Phi) is 5.85. The van der Waals surface area contributed by atoms with E-state index in [-0.39, 0.29) is 11.8 Å². The van der Waals surface area contributed by atoms with E-state index in [1.165, 1.54) is 0 Å². The minimum absolute atomic E-state index is 0.0579. The van der Waals surface area contributed by atoms with Gasteiger partial charge in [-0.25, -0.2) is 0 Å². The summed E-state index contributed by atoms with van der Waals surface area (Å²) in [4.78, 5) is 27.8. The summed E-state index contributed by atoms with van der Waals surface area (Å²) in [5.41, 5.74) is 5.87. The number of nitrogens with two attached hydrogens (primary N) is 1. The van der Waals surface area contributed by atoms with Crippen LogP contribution in [0.15, 0.2) is 18.2 Å². The van der Waals surface area contributed by atoms with Gasteiger partial charge >= 0.3 is 0 Å². The van der Waals surface area contributed by atoms with E-state index in [1.807, 2.05) is 0 Å². The lowest BCUT2D eigenvalue weighted by Crippen LogP contribution is -2.56. The molecule has 1 aromatic carbocycles. The van der Waals surface area contributed by atoms with Crippen molar-refractivity contribution < 1.29 is 14.3 Å². The zero-order chi connectivity index (χ0) is 17.0. The zero-order valence-corrected chi connectivity index (χ0v) is 14.2. The molecule has 1 heterocycles. The molecule has 1 aliphatic heterocycles. The van der Waals surface area contributed by atoms with Crippen LogP contribution in [0.4, 0.5) is 0 Å². The molecule has 0 spiro atoms.